The summed E-state index contributed by atoms with van der Waals surface area (Å²) in [6.07, 6.45) is 6.21. The summed E-state index contributed by atoms with van der Waals surface area (Å²) in [7, 11) is 0. The zero-order chi connectivity index (χ0) is 13.5. The van der Waals surface area contributed by atoms with Gasteiger partial charge in [0.15, 0.2) is 0 Å². The van der Waals surface area contributed by atoms with Crippen molar-refractivity contribution in [1.29, 1.82) is 0 Å². The minimum atomic E-state index is -0.289. The smallest absolute Gasteiger partial charge is 0.223 e. The number of hydrogen-bond acceptors (Lipinski definition) is 2. The minimum absolute atomic E-state index is 0.0361. The monoisotopic (exact) mass is 265 g/mol. The van der Waals surface area contributed by atoms with E-state index in [9.17, 15) is 9.18 Å². The van der Waals surface area contributed by atoms with Crippen molar-refractivity contribution in [1.82, 2.24) is 5.32 Å². The molecule has 1 fully saturated rings. The van der Waals surface area contributed by atoms with E-state index in [1.807, 2.05) is 0 Å². The van der Waals surface area contributed by atoms with Crippen LogP contribution >= 0.6 is 0 Å². The number of carbonyl (C=O) groups is 1. The second-order valence-corrected chi connectivity index (χ2v) is 4.95. The molecule has 1 aromatic rings. The molecule has 0 bridgehead atoms. The summed E-state index contributed by atoms with van der Waals surface area (Å²) in [5.74, 6) is 0.336. The van der Waals surface area contributed by atoms with Crippen LogP contribution in [0, 0.1) is 5.82 Å². The van der Waals surface area contributed by atoms with Gasteiger partial charge in [0.05, 0.1) is 13.0 Å². The molecule has 0 saturated heterocycles. The molecular weight excluding hydrogens is 245 g/mol. The Morgan fingerprint density at radius 2 is 1.89 bits per heavy atom. The first-order chi connectivity index (χ1) is 9.24. The first-order valence-corrected chi connectivity index (χ1v) is 6.92. The number of amides is 1. The molecule has 0 aromatic heterocycles. The van der Waals surface area contributed by atoms with Gasteiger partial charge >= 0.3 is 0 Å². The van der Waals surface area contributed by atoms with Crippen molar-refractivity contribution in [3.8, 4) is 5.75 Å². The molecule has 19 heavy (non-hydrogen) atoms. The summed E-state index contributed by atoms with van der Waals surface area (Å²) >= 11 is 0. The Labute approximate surface area is 113 Å². The van der Waals surface area contributed by atoms with E-state index in [0.717, 1.165) is 12.8 Å². The first-order valence-electron chi connectivity index (χ1n) is 6.92. The molecule has 3 nitrogen and oxygen atoms in total. The number of halogens is 1. The van der Waals surface area contributed by atoms with Crippen LogP contribution in [0.1, 0.15) is 38.5 Å². The van der Waals surface area contributed by atoms with Gasteiger partial charge in [0.25, 0.3) is 0 Å². The van der Waals surface area contributed by atoms with Crippen LogP contribution in [0.2, 0.25) is 0 Å². The molecule has 1 saturated carbocycles. The van der Waals surface area contributed by atoms with Gasteiger partial charge in [0.1, 0.15) is 11.6 Å². The highest BCUT2D eigenvalue weighted by Crippen LogP contribution is 2.17. The van der Waals surface area contributed by atoms with E-state index in [1.54, 1.807) is 12.1 Å². The lowest BCUT2D eigenvalue weighted by molar-refractivity contribution is -0.122. The summed E-state index contributed by atoms with van der Waals surface area (Å²) in [6.45, 7) is 0.324. The van der Waals surface area contributed by atoms with Crippen LogP contribution in [0.15, 0.2) is 24.3 Å². The summed E-state index contributed by atoms with van der Waals surface area (Å²) in [5, 5.41) is 3.04. The largest absolute Gasteiger partial charge is 0.493 e. The quantitative estimate of drug-likeness (QED) is 0.888. The summed E-state index contributed by atoms with van der Waals surface area (Å²) in [4.78, 5) is 11.7. The summed E-state index contributed by atoms with van der Waals surface area (Å²) < 4.78 is 18.1. The number of nitrogens with one attached hydrogen (secondary N) is 1. The lowest BCUT2D eigenvalue weighted by Gasteiger charge is -2.22. The van der Waals surface area contributed by atoms with Gasteiger partial charge in [-0.1, -0.05) is 19.3 Å². The minimum Gasteiger partial charge on any atom is -0.493 e. The molecule has 1 aliphatic carbocycles. The maximum atomic E-state index is 12.7. The van der Waals surface area contributed by atoms with Crippen LogP contribution < -0.4 is 10.1 Å². The Morgan fingerprint density at radius 3 is 2.58 bits per heavy atom. The van der Waals surface area contributed by atoms with Crippen LogP contribution in [-0.2, 0) is 4.79 Å². The lowest BCUT2D eigenvalue weighted by atomic mass is 9.95. The number of ether oxygens (including phenoxy) is 1. The molecule has 0 spiro atoms. The van der Waals surface area contributed by atoms with Gasteiger partial charge in [-0.2, -0.15) is 0 Å². The van der Waals surface area contributed by atoms with Gasteiger partial charge in [-0.25, -0.2) is 4.39 Å². The highest BCUT2D eigenvalue weighted by molar-refractivity contribution is 5.76. The fraction of sp³-hybridized carbons (Fsp3) is 0.533. The zero-order valence-corrected chi connectivity index (χ0v) is 11.0. The van der Waals surface area contributed by atoms with Crippen molar-refractivity contribution in [2.75, 3.05) is 6.61 Å². The van der Waals surface area contributed by atoms with Crippen LogP contribution in [0.25, 0.3) is 0 Å². The van der Waals surface area contributed by atoms with Crippen LogP contribution in [0.3, 0.4) is 0 Å². The Kier molecular flexibility index (Phi) is 5.19. The highest BCUT2D eigenvalue weighted by Gasteiger charge is 2.15. The molecule has 0 atom stereocenters. The second kappa shape index (κ2) is 7.12. The van der Waals surface area contributed by atoms with Gasteiger partial charge in [-0.15, -0.1) is 0 Å². The van der Waals surface area contributed by atoms with Gasteiger partial charge < -0.3 is 10.1 Å². The highest BCUT2D eigenvalue weighted by atomic mass is 19.1. The SMILES string of the molecule is O=C(CCOc1ccc(F)cc1)NC1CCCCC1. The normalized spacial score (nSPS) is 16.1. The molecule has 0 heterocycles. The van der Waals surface area contributed by atoms with E-state index in [-0.39, 0.29) is 11.7 Å². The molecule has 0 aliphatic heterocycles. The average molecular weight is 265 g/mol. The first kappa shape index (κ1) is 13.8. The fourth-order valence-electron chi connectivity index (χ4n) is 2.34. The topological polar surface area (TPSA) is 38.3 Å². The Hall–Kier alpha value is -1.58. The average Bonchev–Trinajstić information content (AvgIpc) is 2.42. The lowest BCUT2D eigenvalue weighted by Crippen LogP contribution is -2.36. The molecule has 4 heteroatoms. The van der Waals surface area contributed by atoms with E-state index < -0.39 is 0 Å². The van der Waals surface area contributed by atoms with Crippen LogP contribution in [0.4, 0.5) is 4.39 Å². The van der Waals surface area contributed by atoms with Gasteiger partial charge in [-0.05, 0) is 37.1 Å². The molecule has 1 N–H and O–H groups in total. The second-order valence-electron chi connectivity index (χ2n) is 4.95. The Bertz CT molecular complexity index is 399. The van der Waals surface area contributed by atoms with Crippen molar-refractivity contribution >= 4 is 5.91 Å². The molecule has 1 aliphatic rings. The Morgan fingerprint density at radius 1 is 1.21 bits per heavy atom. The van der Waals surface area contributed by atoms with Gasteiger partial charge in [0.2, 0.25) is 5.91 Å². The Balaban J connectivity index is 1.64. The predicted molar refractivity (Wildman–Crippen MR) is 71.5 cm³/mol. The van der Waals surface area contributed by atoms with Crippen molar-refractivity contribution in [3.63, 3.8) is 0 Å². The van der Waals surface area contributed by atoms with Gasteiger partial charge in [-0.3, -0.25) is 4.79 Å². The third kappa shape index (κ3) is 4.89. The number of carbonyl (C=O) groups excluding carboxylic acids is 1. The molecule has 104 valence electrons. The fourth-order valence-corrected chi connectivity index (χ4v) is 2.34. The predicted octanol–water partition coefficient (Wildman–Crippen LogP) is 3.04. The van der Waals surface area contributed by atoms with E-state index in [1.165, 1.54) is 31.4 Å². The number of rotatable bonds is 5. The maximum absolute atomic E-state index is 12.7. The third-order valence-corrected chi connectivity index (χ3v) is 3.38. The molecular formula is C15H20FNO2. The van der Waals surface area contributed by atoms with E-state index in [0.29, 0.717) is 24.8 Å². The number of benzene rings is 1. The van der Waals surface area contributed by atoms with Crippen LogP contribution in [0.5, 0.6) is 5.75 Å². The zero-order valence-electron chi connectivity index (χ0n) is 11.0. The maximum Gasteiger partial charge on any atom is 0.223 e. The summed E-state index contributed by atoms with van der Waals surface area (Å²) in [6, 6.07) is 6.16. The van der Waals surface area contributed by atoms with Crippen molar-refractivity contribution < 1.29 is 13.9 Å². The molecule has 1 aromatic carbocycles. The van der Waals surface area contributed by atoms with E-state index >= 15 is 0 Å². The van der Waals surface area contributed by atoms with E-state index in [2.05, 4.69) is 5.32 Å². The third-order valence-electron chi connectivity index (χ3n) is 3.38. The standard InChI is InChI=1S/C15H20FNO2/c16-12-6-8-14(9-7-12)19-11-10-15(18)17-13-4-2-1-3-5-13/h6-9,13H,1-5,10-11H2,(H,17,18). The van der Waals surface area contributed by atoms with Crippen LogP contribution in [-0.4, -0.2) is 18.6 Å². The van der Waals surface area contributed by atoms with Crippen molar-refractivity contribution in [2.24, 2.45) is 0 Å². The number of hydrogen-bond donors (Lipinski definition) is 1. The molecule has 0 radical (unpaired) electrons. The molecule has 1 amide bonds. The van der Waals surface area contributed by atoms with Gasteiger partial charge in [0, 0.05) is 6.04 Å². The van der Waals surface area contributed by atoms with Crippen molar-refractivity contribution in [3.05, 3.63) is 30.1 Å². The van der Waals surface area contributed by atoms with Crippen molar-refractivity contribution in [2.45, 2.75) is 44.6 Å². The molecule has 2 rings (SSSR count). The summed E-state index contributed by atoms with van der Waals surface area (Å²) in [5.41, 5.74) is 0. The molecule has 0 unspecified atom stereocenters. The van der Waals surface area contributed by atoms with E-state index in [4.69, 9.17) is 4.74 Å².